The van der Waals surface area contributed by atoms with Crippen molar-refractivity contribution in [2.75, 3.05) is 13.7 Å². The maximum atomic E-state index is 13.3. The fraction of sp³-hybridized carbons (Fsp3) is 0.185. The summed E-state index contributed by atoms with van der Waals surface area (Å²) in [6.45, 7) is 2.31. The molecule has 172 valence electrons. The standard InChI is InChI=1S/C27H23ClN2O4/c1-16-3-8-20(9-4-16)34-27(32)26(31)30-14-13-21-22-15-18(28)7-12-23(22)29-24(21)25(30)17-5-10-19(33-2)11-6-17/h3-12,15,25,29H,13-14H2,1-2H3. The van der Waals surface area contributed by atoms with E-state index in [1.807, 2.05) is 61.5 Å². The van der Waals surface area contributed by atoms with Gasteiger partial charge in [-0.25, -0.2) is 4.79 Å². The zero-order valence-corrected chi connectivity index (χ0v) is 19.6. The Balaban J connectivity index is 1.54. The van der Waals surface area contributed by atoms with Gasteiger partial charge >= 0.3 is 11.9 Å². The van der Waals surface area contributed by atoms with E-state index in [4.69, 9.17) is 21.1 Å². The second-order valence-electron chi connectivity index (χ2n) is 8.33. The maximum absolute atomic E-state index is 13.3. The van der Waals surface area contributed by atoms with Crippen molar-refractivity contribution in [3.8, 4) is 11.5 Å². The number of aromatic nitrogens is 1. The molecule has 1 N–H and O–H groups in total. The van der Waals surface area contributed by atoms with Crippen molar-refractivity contribution in [2.45, 2.75) is 19.4 Å². The number of hydrogen-bond donors (Lipinski definition) is 1. The molecule has 7 heteroatoms. The molecule has 4 aromatic rings. The number of ether oxygens (including phenoxy) is 2. The van der Waals surface area contributed by atoms with Gasteiger partial charge in [-0.05, 0) is 66.9 Å². The summed E-state index contributed by atoms with van der Waals surface area (Å²) in [5.74, 6) is -0.559. The topological polar surface area (TPSA) is 71.6 Å². The molecule has 1 unspecified atom stereocenters. The highest BCUT2D eigenvalue weighted by molar-refractivity contribution is 6.33. The summed E-state index contributed by atoms with van der Waals surface area (Å²) in [7, 11) is 1.60. The molecule has 2 heterocycles. The average molecular weight is 475 g/mol. The van der Waals surface area contributed by atoms with Crippen LogP contribution in [0.5, 0.6) is 11.5 Å². The Morgan fingerprint density at radius 1 is 1.00 bits per heavy atom. The number of carbonyl (C=O) groups is 2. The molecule has 1 atom stereocenters. The van der Waals surface area contributed by atoms with Gasteiger partial charge < -0.3 is 19.4 Å². The van der Waals surface area contributed by atoms with E-state index in [1.54, 1.807) is 24.1 Å². The summed E-state index contributed by atoms with van der Waals surface area (Å²) in [5, 5.41) is 1.67. The zero-order chi connectivity index (χ0) is 23.8. The van der Waals surface area contributed by atoms with Crippen LogP contribution in [-0.4, -0.2) is 35.4 Å². The number of methoxy groups -OCH3 is 1. The van der Waals surface area contributed by atoms with Crippen LogP contribution in [0.1, 0.15) is 28.4 Å². The van der Waals surface area contributed by atoms with Crippen molar-refractivity contribution in [1.82, 2.24) is 9.88 Å². The number of hydrogen-bond acceptors (Lipinski definition) is 4. The van der Waals surface area contributed by atoms with E-state index in [0.29, 0.717) is 29.5 Å². The average Bonchev–Trinajstić information content (AvgIpc) is 3.22. The fourth-order valence-electron chi connectivity index (χ4n) is 4.49. The van der Waals surface area contributed by atoms with Crippen molar-refractivity contribution in [1.29, 1.82) is 0 Å². The third kappa shape index (κ3) is 4.01. The van der Waals surface area contributed by atoms with Crippen LogP contribution < -0.4 is 9.47 Å². The van der Waals surface area contributed by atoms with Crippen molar-refractivity contribution in [3.05, 3.63) is 94.1 Å². The Kier molecular flexibility index (Phi) is 5.75. The molecule has 0 aliphatic carbocycles. The predicted octanol–water partition coefficient (Wildman–Crippen LogP) is 5.22. The fourth-order valence-corrected chi connectivity index (χ4v) is 4.66. The Morgan fingerprint density at radius 3 is 2.41 bits per heavy atom. The van der Waals surface area contributed by atoms with Crippen LogP contribution in [0.3, 0.4) is 0 Å². The van der Waals surface area contributed by atoms with Gasteiger partial charge in [-0.1, -0.05) is 41.4 Å². The monoisotopic (exact) mass is 474 g/mol. The number of nitrogens with one attached hydrogen (secondary N) is 1. The Labute approximate surface area is 202 Å². The van der Waals surface area contributed by atoms with Gasteiger partial charge in [0.05, 0.1) is 13.2 Å². The highest BCUT2D eigenvalue weighted by Gasteiger charge is 2.38. The maximum Gasteiger partial charge on any atom is 0.402 e. The molecule has 1 aliphatic heterocycles. The number of aryl methyl sites for hydroxylation is 1. The van der Waals surface area contributed by atoms with E-state index in [2.05, 4.69) is 4.98 Å². The van der Waals surface area contributed by atoms with Gasteiger partial charge in [-0.15, -0.1) is 0 Å². The Bertz CT molecular complexity index is 1380. The molecule has 3 aromatic carbocycles. The molecular formula is C27H23ClN2O4. The lowest BCUT2D eigenvalue weighted by molar-refractivity contribution is -0.155. The van der Waals surface area contributed by atoms with Gasteiger partial charge in [0.25, 0.3) is 0 Å². The number of benzene rings is 3. The highest BCUT2D eigenvalue weighted by Crippen LogP contribution is 2.39. The molecule has 5 rings (SSSR count). The van der Waals surface area contributed by atoms with Gasteiger partial charge in [-0.2, -0.15) is 0 Å². The number of fused-ring (bicyclic) bond motifs is 3. The number of nitrogens with zero attached hydrogens (tertiary/aromatic N) is 1. The van der Waals surface area contributed by atoms with Crippen LogP contribution >= 0.6 is 11.6 Å². The van der Waals surface area contributed by atoms with E-state index < -0.39 is 17.9 Å². The summed E-state index contributed by atoms with van der Waals surface area (Å²) >= 11 is 6.26. The summed E-state index contributed by atoms with van der Waals surface area (Å²) < 4.78 is 10.7. The van der Waals surface area contributed by atoms with Crippen LogP contribution in [0, 0.1) is 6.92 Å². The number of aromatic amines is 1. The summed E-state index contributed by atoms with van der Waals surface area (Å²) in [4.78, 5) is 31.2. The first-order valence-corrected chi connectivity index (χ1v) is 11.4. The molecule has 0 radical (unpaired) electrons. The minimum Gasteiger partial charge on any atom is -0.497 e. The number of carbonyl (C=O) groups excluding carboxylic acids is 2. The lowest BCUT2D eigenvalue weighted by atomic mass is 9.92. The minimum absolute atomic E-state index is 0.336. The SMILES string of the molecule is COc1ccc(C2c3[nH]c4ccc(Cl)cc4c3CCN2C(=O)C(=O)Oc2ccc(C)cc2)cc1. The largest absolute Gasteiger partial charge is 0.497 e. The van der Waals surface area contributed by atoms with Crippen molar-refractivity contribution < 1.29 is 19.1 Å². The van der Waals surface area contributed by atoms with Crippen LogP contribution in [0.15, 0.2) is 66.7 Å². The molecule has 0 fully saturated rings. The van der Waals surface area contributed by atoms with E-state index in [0.717, 1.165) is 33.3 Å². The van der Waals surface area contributed by atoms with Crippen LogP contribution in [0.25, 0.3) is 10.9 Å². The number of esters is 1. The number of rotatable bonds is 3. The summed E-state index contributed by atoms with van der Waals surface area (Å²) in [6.07, 6.45) is 0.589. The van der Waals surface area contributed by atoms with Crippen LogP contribution in [-0.2, 0) is 16.0 Å². The number of amides is 1. The second kappa shape index (κ2) is 8.88. The predicted molar refractivity (Wildman–Crippen MR) is 130 cm³/mol. The van der Waals surface area contributed by atoms with Crippen molar-refractivity contribution >= 4 is 34.4 Å². The van der Waals surface area contributed by atoms with Crippen molar-refractivity contribution in [2.24, 2.45) is 0 Å². The number of H-pyrrole nitrogens is 1. The van der Waals surface area contributed by atoms with Crippen molar-refractivity contribution in [3.63, 3.8) is 0 Å². The molecular weight excluding hydrogens is 452 g/mol. The molecule has 0 saturated carbocycles. The van der Waals surface area contributed by atoms with Gasteiger partial charge in [0, 0.05) is 28.2 Å². The van der Waals surface area contributed by atoms with Gasteiger partial charge in [0.1, 0.15) is 11.5 Å². The summed E-state index contributed by atoms with van der Waals surface area (Å²) in [6, 6.07) is 19.7. The molecule has 6 nitrogen and oxygen atoms in total. The van der Waals surface area contributed by atoms with Gasteiger partial charge in [-0.3, -0.25) is 4.79 Å². The first-order chi connectivity index (χ1) is 16.4. The third-order valence-corrected chi connectivity index (χ3v) is 6.42. The Hall–Kier alpha value is -3.77. The van der Waals surface area contributed by atoms with E-state index in [9.17, 15) is 9.59 Å². The molecule has 0 saturated heterocycles. The lowest BCUT2D eigenvalue weighted by Crippen LogP contribution is -2.45. The third-order valence-electron chi connectivity index (χ3n) is 6.19. The van der Waals surface area contributed by atoms with E-state index in [-0.39, 0.29) is 0 Å². The Morgan fingerprint density at radius 2 is 1.71 bits per heavy atom. The zero-order valence-electron chi connectivity index (χ0n) is 18.8. The molecule has 0 spiro atoms. The second-order valence-corrected chi connectivity index (χ2v) is 8.77. The molecule has 1 aliphatic rings. The molecule has 0 bridgehead atoms. The van der Waals surface area contributed by atoms with Crippen LogP contribution in [0.2, 0.25) is 5.02 Å². The molecule has 1 amide bonds. The number of halogens is 1. The van der Waals surface area contributed by atoms with Gasteiger partial charge in [0.2, 0.25) is 0 Å². The van der Waals surface area contributed by atoms with Gasteiger partial charge in [0.15, 0.2) is 0 Å². The van der Waals surface area contributed by atoms with E-state index >= 15 is 0 Å². The first-order valence-electron chi connectivity index (χ1n) is 11.0. The normalized spacial score (nSPS) is 15.1. The minimum atomic E-state index is -0.912. The highest BCUT2D eigenvalue weighted by atomic mass is 35.5. The van der Waals surface area contributed by atoms with Crippen LogP contribution in [0.4, 0.5) is 0 Å². The molecule has 34 heavy (non-hydrogen) atoms. The summed E-state index contributed by atoms with van der Waals surface area (Å²) in [5.41, 5.74) is 4.79. The first kappa shape index (κ1) is 22.0. The smallest absolute Gasteiger partial charge is 0.402 e. The quantitative estimate of drug-likeness (QED) is 0.251. The lowest BCUT2D eigenvalue weighted by Gasteiger charge is -2.35. The van der Waals surface area contributed by atoms with E-state index in [1.165, 1.54) is 0 Å². The molecule has 1 aromatic heterocycles.